The first-order valence-corrected chi connectivity index (χ1v) is 16.5. The van der Waals surface area contributed by atoms with Gasteiger partial charge >= 0.3 is 0 Å². The van der Waals surface area contributed by atoms with Gasteiger partial charge in [0.25, 0.3) is 5.91 Å². The lowest BCUT2D eigenvalue weighted by Gasteiger charge is -2.24. The van der Waals surface area contributed by atoms with E-state index in [9.17, 15) is 19.5 Å². The van der Waals surface area contributed by atoms with Crippen LogP contribution in [-0.2, 0) is 24.7 Å². The van der Waals surface area contributed by atoms with Crippen LogP contribution in [0.5, 0.6) is 0 Å². The van der Waals surface area contributed by atoms with E-state index in [1.54, 1.807) is 19.1 Å². The summed E-state index contributed by atoms with van der Waals surface area (Å²) < 4.78 is 5.73. The van der Waals surface area contributed by atoms with Crippen LogP contribution < -0.4 is 10.6 Å². The molecule has 0 aliphatic carbocycles. The molecule has 0 spiro atoms. The number of allylic oxidation sites excluding steroid dienone is 12. The number of carbonyl (C=O) groups is 3. The topological polar surface area (TPSA) is 105 Å². The number of ether oxygens (including phenoxy) is 1. The predicted octanol–water partition coefficient (Wildman–Crippen LogP) is 7.24. The summed E-state index contributed by atoms with van der Waals surface area (Å²) in [7, 11) is 0. The van der Waals surface area contributed by atoms with Crippen molar-refractivity contribution >= 4 is 17.6 Å². The highest BCUT2D eigenvalue weighted by Crippen LogP contribution is 2.34. The summed E-state index contributed by atoms with van der Waals surface area (Å²) in [5, 5.41) is 15.7. The van der Waals surface area contributed by atoms with Gasteiger partial charge in [0.2, 0.25) is 11.7 Å². The van der Waals surface area contributed by atoms with Gasteiger partial charge in [-0.1, -0.05) is 110 Å². The Kier molecular flexibility index (Phi) is 19.1. The Hall–Kier alpha value is -4.23. The zero-order chi connectivity index (χ0) is 33.3. The highest BCUT2D eigenvalue weighted by Gasteiger charge is 2.43. The van der Waals surface area contributed by atoms with Gasteiger partial charge < -0.3 is 20.5 Å². The Morgan fingerprint density at radius 3 is 1.83 bits per heavy atom. The van der Waals surface area contributed by atoms with E-state index in [0.717, 1.165) is 38.5 Å². The number of aliphatic hydroxyl groups is 1. The molecule has 1 aliphatic rings. The molecular formula is C39H52N2O5. The van der Waals surface area contributed by atoms with Crippen LogP contribution in [0.25, 0.3) is 0 Å². The standard InChI is InChI=1S/C39H52N2O5/c1-3-4-5-6-7-8-9-10-11-12-13-14-15-16-17-18-19-20-24-27-37(44)40-30-28-34(42)29-31-41-38(45)35-32-36(43)39(2,46-35)33-25-22-21-23-26-33/h4-5,7-8,10-11,13-14,16-17,19-23,25-26,32,34,42H,3,6,9,12,15,18,24,27-31H2,1-2H3,(H,40,44)(H,41,45). The second-order valence-electron chi connectivity index (χ2n) is 11.2. The Balaban J connectivity index is 1.46. The van der Waals surface area contributed by atoms with Crippen molar-refractivity contribution in [1.82, 2.24) is 10.6 Å². The molecule has 1 aromatic carbocycles. The van der Waals surface area contributed by atoms with E-state index < -0.39 is 17.6 Å². The first-order chi connectivity index (χ1) is 22.4. The minimum absolute atomic E-state index is 0.0370. The molecule has 1 aromatic rings. The zero-order valence-corrected chi connectivity index (χ0v) is 27.5. The summed E-state index contributed by atoms with van der Waals surface area (Å²) in [4.78, 5) is 37.1. The van der Waals surface area contributed by atoms with Crippen LogP contribution in [0.2, 0.25) is 0 Å². The van der Waals surface area contributed by atoms with Gasteiger partial charge in [-0.15, -0.1) is 0 Å². The van der Waals surface area contributed by atoms with Crippen molar-refractivity contribution < 1.29 is 24.2 Å². The molecule has 0 saturated heterocycles. The molecule has 2 unspecified atom stereocenters. The largest absolute Gasteiger partial charge is 0.469 e. The second-order valence-corrected chi connectivity index (χ2v) is 11.2. The van der Waals surface area contributed by atoms with Crippen LogP contribution in [0.1, 0.15) is 83.6 Å². The molecule has 0 radical (unpaired) electrons. The van der Waals surface area contributed by atoms with E-state index in [-0.39, 0.29) is 24.0 Å². The number of nitrogens with one attached hydrogen (secondary N) is 2. The third kappa shape index (κ3) is 15.7. The third-order valence-corrected chi connectivity index (χ3v) is 7.29. The van der Waals surface area contributed by atoms with Gasteiger partial charge in [-0.3, -0.25) is 14.4 Å². The summed E-state index contributed by atoms with van der Waals surface area (Å²) in [5.74, 6) is -0.884. The fraction of sp³-hybridized carbons (Fsp3) is 0.410. The Morgan fingerprint density at radius 2 is 1.28 bits per heavy atom. The lowest BCUT2D eigenvalue weighted by atomic mass is 9.92. The maximum atomic E-state index is 12.5. The van der Waals surface area contributed by atoms with E-state index >= 15 is 0 Å². The summed E-state index contributed by atoms with van der Waals surface area (Å²) in [6.07, 6.45) is 33.9. The van der Waals surface area contributed by atoms with Crippen molar-refractivity contribution in [3.05, 3.63) is 121 Å². The summed E-state index contributed by atoms with van der Waals surface area (Å²) in [5.41, 5.74) is -0.550. The molecule has 0 aromatic heterocycles. The number of hydrogen-bond acceptors (Lipinski definition) is 5. The molecule has 3 N–H and O–H groups in total. The van der Waals surface area contributed by atoms with Crippen LogP contribution in [-0.4, -0.2) is 41.9 Å². The first kappa shape index (κ1) is 38.0. The molecule has 0 fully saturated rings. The number of ketones is 1. The quantitative estimate of drug-likeness (QED) is 0.118. The highest BCUT2D eigenvalue weighted by atomic mass is 16.5. The third-order valence-electron chi connectivity index (χ3n) is 7.29. The van der Waals surface area contributed by atoms with Gasteiger partial charge in [-0.25, -0.2) is 0 Å². The van der Waals surface area contributed by atoms with E-state index in [1.165, 1.54) is 6.08 Å². The maximum absolute atomic E-state index is 12.5. The van der Waals surface area contributed by atoms with Crippen LogP contribution >= 0.6 is 0 Å². The van der Waals surface area contributed by atoms with Crippen molar-refractivity contribution in [2.75, 3.05) is 13.1 Å². The minimum atomic E-state index is -1.22. The number of hydrogen-bond donors (Lipinski definition) is 3. The monoisotopic (exact) mass is 628 g/mol. The first-order valence-electron chi connectivity index (χ1n) is 16.5. The van der Waals surface area contributed by atoms with E-state index in [2.05, 4.69) is 84.4 Å². The molecule has 0 bridgehead atoms. The molecule has 248 valence electrons. The van der Waals surface area contributed by atoms with Gasteiger partial charge in [0.1, 0.15) is 0 Å². The minimum Gasteiger partial charge on any atom is -0.469 e. The SMILES string of the molecule is CCC=CCC=CCC=CCC=CCC=CCC=CCCC(=O)NCCC(O)CCNC(=O)C1=CC(=O)C(C)(c2ccccc2)O1. The smallest absolute Gasteiger partial charge is 0.286 e. The number of carbonyl (C=O) groups excluding carboxylic acids is 3. The molecule has 1 aliphatic heterocycles. The van der Waals surface area contributed by atoms with E-state index in [1.807, 2.05) is 24.3 Å². The fourth-order valence-electron chi connectivity index (χ4n) is 4.53. The molecule has 7 nitrogen and oxygen atoms in total. The Bertz CT molecular complexity index is 1270. The summed E-state index contributed by atoms with van der Waals surface area (Å²) in [6.45, 7) is 4.36. The van der Waals surface area contributed by atoms with Crippen molar-refractivity contribution in [1.29, 1.82) is 0 Å². The second kappa shape index (κ2) is 23.2. The normalized spacial score (nSPS) is 17.6. The number of benzene rings is 1. The molecule has 1 heterocycles. The highest BCUT2D eigenvalue weighted by molar-refractivity contribution is 6.07. The summed E-state index contributed by atoms with van der Waals surface area (Å²) >= 11 is 0. The van der Waals surface area contributed by atoms with E-state index in [4.69, 9.17) is 4.74 Å². The zero-order valence-electron chi connectivity index (χ0n) is 27.5. The van der Waals surface area contributed by atoms with Gasteiger partial charge in [-0.2, -0.15) is 0 Å². The van der Waals surface area contributed by atoms with Gasteiger partial charge in [-0.05, 0) is 64.7 Å². The average Bonchev–Trinajstić information content (AvgIpc) is 3.37. The van der Waals surface area contributed by atoms with E-state index in [0.29, 0.717) is 37.8 Å². The Morgan fingerprint density at radius 1 is 0.783 bits per heavy atom. The van der Waals surface area contributed by atoms with Crippen LogP contribution in [0.3, 0.4) is 0 Å². The molecule has 2 amide bonds. The van der Waals surface area contributed by atoms with Gasteiger partial charge in [0.05, 0.1) is 6.10 Å². The molecule has 0 saturated carbocycles. The summed E-state index contributed by atoms with van der Waals surface area (Å²) in [6, 6.07) is 9.04. The Labute approximate surface area is 275 Å². The fourth-order valence-corrected chi connectivity index (χ4v) is 4.53. The molecule has 2 atom stereocenters. The van der Waals surface area contributed by atoms with Crippen LogP contribution in [0, 0.1) is 0 Å². The van der Waals surface area contributed by atoms with Crippen molar-refractivity contribution in [2.24, 2.45) is 0 Å². The lowest BCUT2D eigenvalue weighted by molar-refractivity contribution is -0.132. The molecule has 46 heavy (non-hydrogen) atoms. The predicted molar refractivity (Wildman–Crippen MR) is 187 cm³/mol. The van der Waals surface area contributed by atoms with Gasteiger partial charge in [0.15, 0.2) is 11.4 Å². The maximum Gasteiger partial charge on any atom is 0.286 e. The average molecular weight is 629 g/mol. The van der Waals surface area contributed by atoms with Gasteiger partial charge in [0, 0.05) is 31.1 Å². The molecule has 2 rings (SSSR count). The number of aliphatic hydroxyl groups excluding tert-OH is 1. The van der Waals surface area contributed by atoms with Crippen molar-refractivity contribution in [2.45, 2.75) is 89.8 Å². The van der Waals surface area contributed by atoms with Crippen LogP contribution in [0.4, 0.5) is 0 Å². The lowest BCUT2D eigenvalue weighted by Crippen LogP contribution is -2.33. The number of rotatable bonds is 22. The van der Waals surface area contributed by atoms with Crippen molar-refractivity contribution in [3.8, 4) is 0 Å². The number of amides is 2. The van der Waals surface area contributed by atoms with Crippen LogP contribution in [0.15, 0.2) is 115 Å². The molecular weight excluding hydrogens is 576 g/mol. The molecule has 7 heteroatoms. The van der Waals surface area contributed by atoms with Crippen molar-refractivity contribution in [3.63, 3.8) is 0 Å².